The molecule has 2 rings (SSSR count). The number of aryl methyl sites for hydroxylation is 2. The highest BCUT2D eigenvalue weighted by molar-refractivity contribution is 5.96. The van der Waals surface area contributed by atoms with Gasteiger partial charge in [-0.1, -0.05) is 0 Å². The topological polar surface area (TPSA) is 76.7 Å². The minimum absolute atomic E-state index is 0.205. The van der Waals surface area contributed by atoms with Gasteiger partial charge < -0.3 is 9.84 Å². The van der Waals surface area contributed by atoms with Crippen LogP contribution in [0.1, 0.15) is 27.4 Å². The summed E-state index contributed by atoms with van der Waals surface area (Å²) >= 11 is 0. The average Bonchev–Trinajstić information content (AvgIpc) is 2.69. The van der Waals surface area contributed by atoms with Gasteiger partial charge in [-0.2, -0.15) is 5.10 Å². The monoisotopic (exact) mass is 249 g/mol. The molecular formula is C12H15N3O3. The van der Waals surface area contributed by atoms with Crippen LogP contribution in [0.15, 0.2) is 6.07 Å². The molecule has 2 heterocycles. The van der Waals surface area contributed by atoms with Crippen LogP contribution in [0.25, 0.3) is 5.65 Å². The summed E-state index contributed by atoms with van der Waals surface area (Å²) in [7, 11) is 1.61. The van der Waals surface area contributed by atoms with E-state index in [1.54, 1.807) is 24.6 Å². The average molecular weight is 249 g/mol. The van der Waals surface area contributed by atoms with Crippen LogP contribution >= 0.6 is 0 Å². The van der Waals surface area contributed by atoms with Crippen LogP contribution in [0.2, 0.25) is 0 Å². The predicted octanol–water partition coefficient (Wildman–Crippen LogP) is 1.23. The molecule has 6 heteroatoms. The summed E-state index contributed by atoms with van der Waals surface area (Å²) in [5, 5.41) is 13.5. The molecule has 1 N–H and O–H groups in total. The second-order valence-corrected chi connectivity index (χ2v) is 4.16. The first kappa shape index (κ1) is 12.5. The third kappa shape index (κ3) is 2.06. The number of carboxylic acids is 1. The molecule has 0 unspecified atom stereocenters. The van der Waals surface area contributed by atoms with E-state index in [0.717, 1.165) is 5.69 Å². The van der Waals surface area contributed by atoms with Gasteiger partial charge in [0, 0.05) is 19.2 Å². The van der Waals surface area contributed by atoms with Gasteiger partial charge >= 0.3 is 5.97 Å². The Morgan fingerprint density at radius 2 is 2.22 bits per heavy atom. The van der Waals surface area contributed by atoms with E-state index >= 15 is 0 Å². The number of hydrogen-bond acceptors (Lipinski definition) is 4. The van der Waals surface area contributed by atoms with E-state index in [9.17, 15) is 9.90 Å². The van der Waals surface area contributed by atoms with E-state index in [2.05, 4.69) is 10.1 Å². The Balaban J connectivity index is 2.62. The summed E-state index contributed by atoms with van der Waals surface area (Å²) < 4.78 is 6.54. The van der Waals surface area contributed by atoms with Crippen molar-refractivity contribution in [3.8, 4) is 0 Å². The number of aromatic nitrogens is 3. The molecule has 96 valence electrons. The molecule has 0 bridgehead atoms. The third-order valence-electron chi connectivity index (χ3n) is 2.77. The Morgan fingerprint density at radius 3 is 2.83 bits per heavy atom. The molecule has 0 aliphatic heterocycles. The minimum atomic E-state index is -0.983. The van der Waals surface area contributed by atoms with Crippen LogP contribution < -0.4 is 0 Å². The molecule has 0 fully saturated rings. The van der Waals surface area contributed by atoms with Gasteiger partial charge in [-0.25, -0.2) is 14.3 Å². The van der Waals surface area contributed by atoms with Crippen molar-refractivity contribution in [3.63, 3.8) is 0 Å². The maximum absolute atomic E-state index is 11.3. The Bertz CT molecular complexity index is 604. The Morgan fingerprint density at radius 1 is 1.50 bits per heavy atom. The molecule has 2 aromatic rings. The molecule has 0 aliphatic rings. The summed E-state index contributed by atoms with van der Waals surface area (Å²) in [4.78, 5) is 15.5. The highest BCUT2D eigenvalue weighted by Crippen LogP contribution is 2.17. The van der Waals surface area contributed by atoms with Crippen molar-refractivity contribution in [1.82, 2.24) is 14.6 Å². The van der Waals surface area contributed by atoms with Crippen LogP contribution in [-0.4, -0.2) is 39.4 Å². The van der Waals surface area contributed by atoms with Crippen molar-refractivity contribution >= 4 is 11.6 Å². The van der Waals surface area contributed by atoms with Gasteiger partial charge in [0.05, 0.1) is 6.61 Å². The number of hydrogen-bond donors (Lipinski definition) is 1. The Kier molecular flexibility index (Phi) is 3.29. The van der Waals surface area contributed by atoms with Gasteiger partial charge in [-0.15, -0.1) is 0 Å². The molecule has 18 heavy (non-hydrogen) atoms. The number of carbonyl (C=O) groups is 1. The first-order valence-corrected chi connectivity index (χ1v) is 5.62. The van der Waals surface area contributed by atoms with Gasteiger partial charge in [0.1, 0.15) is 5.56 Å². The SMILES string of the molecule is COCCc1nc2c(C(=O)O)c(C)cc(C)n2n1. The van der Waals surface area contributed by atoms with Crippen molar-refractivity contribution in [2.24, 2.45) is 0 Å². The molecule has 0 saturated heterocycles. The summed E-state index contributed by atoms with van der Waals surface area (Å²) in [6.07, 6.45) is 0.565. The van der Waals surface area contributed by atoms with Crippen LogP contribution in [0.3, 0.4) is 0 Å². The summed E-state index contributed by atoms with van der Waals surface area (Å²) in [5.41, 5.74) is 2.16. The standard InChI is InChI=1S/C12H15N3O3/c1-7-6-8(2)15-11(10(7)12(16)17)13-9(14-15)4-5-18-3/h6H,4-5H2,1-3H3,(H,16,17). The van der Waals surface area contributed by atoms with E-state index in [1.165, 1.54) is 0 Å². The van der Waals surface area contributed by atoms with E-state index in [1.807, 2.05) is 6.92 Å². The zero-order valence-corrected chi connectivity index (χ0v) is 10.6. The van der Waals surface area contributed by atoms with Crippen molar-refractivity contribution < 1.29 is 14.6 Å². The van der Waals surface area contributed by atoms with Gasteiger partial charge in [-0.05, 0) is 25.5 Å². The summed E-state index contributed by atoms with van der Waals surface area (Å²) in [6, 6.07) is 1.80. The summed E-state index contributed by atoms with van der Waals surface area (Å²) in [6.45, 7) is 4.15. The number of methoxy groups -OCH3 is 1. The van der Waals surface area contributed by atoms with E-state index in [-0.39, 0.29) is 5.56 Å². The highest BCUT2D eigenvalue weighted by atomic mass is 16.5. The van der Waals surface area contributed by atoms with E-state index in [4.69, 9.17) is 4.74 Å². The van der Waals surface area contributed by atoms with Gasteiger partial charge in [-0.3, -0.25) is 0 Å². The largest absolute Gasteiger partial charge is 0.478 e. The van der Waals surface area contributed by atoms with Crippen molar-refractivity contribution in [2.45, 2.75) is 20.3 Å². The second kappa shape index (κ2) is 4.73. The maximum atomic E-state index is 11.3. The first-order valence-electron chi connectivity index (χ1n) is 5.62. The number of nitrogens with zero attached hydrogens (tertiary/aromatic N) is 3. The molecule has 0 saturated carbocycles. The fraction of sp³-hybridized carbons (Fsp3) is 0.417. The molecule has 2 aromatic heterocycles. The number of rotatable bonds is 4. The van der Waals surface area contributed by atoms with Crippen LogP contribution in [0.5, 0.6) is 0 Å². The zero-order chi connectivity index (χ0) is 13.3. The number of carboxylic acid groups (broad SMARTS) is 1. The van der Waals surface area contributed by atoms with Crippen molar-refractivity contribution in [3.05, 3.63) is 28.7 Å². The number of aromatic carboxylic acids is 1. The lowest BCUT2D eigenvalue weighted by atomic mass is 10.1. The lowest BCUT2D eigenvalue weighted by Crippen LogP contribution is -2.06. The lowest BCUT2D eigenvalue weighted by Gasteiger charge is -2.04. The van der Waals surface area contributed by atoms with E-state index < -0.39 is 5.97 Å². The molecule has 0 atom stereocenters. The molecule has 6 nitrogen and oxygen atoms in total. The first-order chi connectivity index (χ1) is 8.54. The Labute approximate surface area is 104 Å². The number of fused-ring (bicyclic) bond motifs is 1. The molecule has 0 radical (unpaired) electrons. The molecule has 0 aromatic carbocycles. The molecule has 0 amide bonds. The third-order valence-corrected chi connectivity index (χ3v) is 2.77. The van der Waals surface area contributed by atoms with E-state index in [0.29, 0.717) is 30.1 Å². The highest BCUT2D eigenvalue weighted by Gasteiger charge is 2.17. The molecular weight excluding hydrogens is 234 g/mol. The lowest BCUT2D eigenvalue weighted by molar-refractivity contribution is 0.0697. The van der Waals surface area contributed by atoms with Crippen LogP contribution in [0, 0.1) is 13.8 Å². The van der Waals surface area contributed by atoms with Crippen LogP contribution in [0.4, 0.5) is 0 Å². The van der Waals surface area contributed by atoms with Crippen LogP contribution in [-0.2, 0) is 11.2 Å². The normalized spacial score (nSPS) is 11.1. The maximum Gasteiger partial charge on any atom is 0.339 e. The zero-order valence-electron chi connectivity index (χ0n) is 10.6. The van der Waals surface area contributed by atoms with Gasteiger partial charge in [0.15, 0.2) is 11.5 Å². The van der Waals surface area contributed by atoms with Crippen molar-refractivity contribution in [2.75, 3.05) is 13.7 Å². The van der Waals surface area contributed by atoms with Gasteiger partial charge in [0.2, 0.25) is 0 Å². The predicted molar refractivity (Wildman–Crippen MR) is 65.0 cm³/mol. The van der Waals surface area contributed by atoms with Gasteiger partial charge in [0.25, 0.3) is 0 Å². The quantitative estimate of drug-likeness (QED) is 0.882. The summed E-state index contributed by atoms with van der Waals surface area (Å²) in [5.74, 6) is -0.392. The molecule has 0 aliphatic carbocycles. The fourth-order valence-corrected chi connectivity index (χ4v) is 1.95. The second-order valence-electron chi connectivity index (χ2n) is 4.16. The number of pyridine rings is 1. The Hall–Kier alpha value is -1.95. The minimum Gasteiger partial charge on any atom is -0.478 e. The number of ether oxygens (including phenoxy) is 1. The fourth-order valence-electron chi connectivity index (χ4n) is 1.95. The van der Waals surface area contributed by atoms with Crippen molar-refractivity contribution in [1.29, 1.82) is 0 Å². The molecule has 0 spiro atoms. The smallest absolute Gasteiger partial charge is 0.339 e.